The van der Waals surface area contributed by atoms with Gasteiger partial charge in [-0.25, -0.2) is 0 Å². The molecule has 1 heteroatoms. The van der Waals surface area contributed by atoms with Crippen molar-refractivity contribution in [3.63, 3.8) is 0 Å². The van der Waals surface area contributed by atoms with Crippen LogP contribution in [0, 0.1) is 0 Å². The zero-order valence-corrected chi connectivity index (χ0v) is 9.91. The molecule has 2 aliphatic carbocycles. The molecule has 1 aromatic carbocycles. The number of hydrogen-bond acceptors (Lipinski definition) is 1. The molecule has 16 heavy (non-hydrogen) atoms. The predicted molar refractivity (Wildman–Crippen MR) is 67.4 cm³/mol. The lowest BCUT2D eigenvalue weighted by atomic mass is 9.73. The van der Waals surface area contributed by atoms with Crippen molar-refractivity contribution < 1.29 is 0 Å². The summed E-state index contributed by atoms with van der Waals surface area (Å²) in [7, 11) is 0. The third-order valence-electron chi connectivity index (χ3n) is 4.53. The molecule has 0 atom stereocenters. The fraction of sp³-hybridized carbons (Fsp3) is 0.600. The molecule has 0 bridgehead atoms. The van der Waals surface area contributed by atoms with Gasteiger partial charge in [0.1, 0.15) is 0 Å². The molecule has 3 rings (SSSR count). The molecule has 0 spiro atoms. The SMILES string of the molecule is NC1(CC2(c3ccccc3)CCCC2)CC1. The summed E-state index contributed by atoms with van der Waals surface area (Å²) >= 11 is 0. The molecule has 0 aromatic heterocycles. The molecule has 2 saturated carbocycles. The van der Waals surface area contributed by atoms with Gasteiger partial charge in [-0.3, -0.25) is 0 Å². The Morgan fingerprint density at radius 3 is 2.12 bits per heavy atom. The van der Waals surface area contributed by atoms with Crippen LogP contribution in [0.3, 0.4) is 0 Å². The molecule has 0 amide bonds. The van der Waals surface area contributed by atoms with Crippen LogP contribution < -0.4 is 5.73 Å². The van der Waals surface area contributed by atoms with Crippen molar-refractivity contribution in [1.29, 1.82) is 0 Å². The van der Waals surface area contributed by atoms with E-state index in [9.17, 15) is 0 Å². The second kappa shape index (κ2) is 3.59. The third kappa shape index (κ3) is 1.78. The van der Waals surface area contributed by atoms with Gasteiger partial charge in [-0.05, 0) is 43.1 Å². The molecule has 2 N–H and O–H groups in total. The van der Waals surface area contributed by atoms with Crippen molar-refractivity contribution in [3.8, 4) is 0 Å². The van der Waals surface area contributed by atoms with Gasteiger partial charge in [-0.1, -0.05) is 43.2 Å². The summed E-state index contributed by atoms with van der Waals surface area (Å²) in [5, 5.41) is 0. The van der Waals surface area contributed by atoms with E-state index in [0.717, 1.165) is 0 Å². The minimum atomic E-state index is 0.181. The van der Waals surface area contributed by atoms with Gasteiger partial charge < -0.3 is 5.73 Å². The molecule has 1 aromatic rings. The Bertz CT molecular complexity index is 358. The standard InChI is InChI=1S/C15H21N/c16-15(10-11-15)12-14(8-4-5-9-14)13-6-2-1-3-7-13/h1-3,6-7H,4-5,8-12,16H2. The van der Waals surface area contributed by atoms with Gasteiger partial charge in [-0.15, -0.1) is 0 Å². The molecule has 0 unspecified atom stereocenters. The van der Waals surface area contributed by atoms with Crippen LogP contribution in [0.1, 0.15) is 50.5 Å². The Morgan fingerprint density at radius 2 is 1.56 bits per heavy atom. The first kappa shape index (κ1) is 10.3. The zero-order chi connectivity index (χ0) is 11.1. The Kier molecular flexibility index (Phi) is 2.32. The first-order valence-corrected chi connectivity index (χ1v) is 6.57. The maximum Gasteiger partial charge on any atom is 0.0164 e. The molecule has 1 nitrogen and oxygen atoms in total. The first-order chi connectivity index (χ1) is 7.73. The highest BCUT2D eigenvalue weighted by Crippen LogP contribution is 2.51. The molecule has 0 saturated heterocycles. The summed E-state index contributed by atoms with van der Waals surface area (Å²) in [6.45, 7) is 0. The average Bonchev–Trinajstić information content (AvgIpc) is 2.85. The van der Waals surface area contributed by atoms with Crippen LogP contribution in [0.2, 0.25) is 0 Å². The van der Waals surface area contributed by atoms with E-state index in [2.05, 4.69) is 30.3 Å². The lowest BCUT2D eigenvalue weighted by molar-refractivity contribution is 0.356. The molecule has 2 aliphatic rings. The van der Waals surface area contributed by atoms with E-state index in [0.29, 0.717) is 5.41 Å². The van der Waals surface area contributed by atoms with Crippen LogP contribution in [0.15, 0.2) is 30.3 Å². The number of rotatable bonds is 3. The summed E-state index contributed by atoms with van der Waals surface area (Å²) in [6.07, 6.45) is 9.13. The van der Waals surface area contributed by atoms with Crippen molar-refractivity contribution >= 4 is 0 Å². The van der Waals surface area contributed by atoms with Gasteiger partial charge in [0, 0.05) is 5.54 Å². The minimum Gasteiger partial charge on any atom is -0.325 e. The van der Waals surface area contributed by atoms with Crippen LogP contribution in [-0.2, 0) is 5.41 Å². The molecule has 0 heterocycles. The van der Waals surface area contributed by atoms with Gasteiger partial charge in [0.15, 0.2) is 0 Å². The fourth-order valence-electron chi connectivity index (χ4n) is 3.42. The summed E-state index contributed by atoms with van der Waals surface area (Å²) in [5.41, 5.74) is 8.47. The Balaban J connectivity index is 1.90. The maximum atomic E-state index is 6.35. The van der Waals surface area contributed by atoms with Crippen molar-refractivity contribution in [2.45, 2.75) is 55.9 Å². The quantitative estimate of drug-likeness (QED) is 0.822. The highest BCUT2D eigenvalue weighted by atomic mass is 14.8. The fourth-order valence-corrected chi connectivity index (χ4v) is 3.42. The number of nitrogens with two attached hydrogens (primary N) is 1. The first-order valence-electron chi connectivity index (χ1n) is 6.57. The average molecular weight is 215 g/mol. The van der Waals surface area contributed by atoms with Gasteiger partial charge in [0.05, 0.1) is 0 Å². The molecule has 0 radical (unpaired) electrons. The number of hydrogen-bond donors (Lipinski definition) is 1. The molecule has 0 aliphatic heterocycles. The second-order valence-corrected chi connectivity index (χ2v) is 5.89. The Morgan fingerprint density at radius 1 is 0.938 bits per heavy atom. The van der Waals surface area contributed by atoms with E-state index in [1.807, 2.05) is 0 Å². The summed E-state index contributed by atoms with van der Waals surface area (Å²) in [4.78, 5) is 0. The van der Waals surface area contributed by atoms with Crippen molar-refractivity contribution in [3.05, 3.63) is 35.9 Å². The van der Waals surface area contributed by atoms with Crippen molar-refractivity contribution in [1.82, 2.24) is 0 Å². The topological polar surface area (TPSA) is 26.0 Å². The van der Waals surface area contributed by atoms with Gasteiger partial charge in [-0.2, -0.15) is 0 Å². The molecular weight excluding hydrogens is 194 g/mol. The summed E-state index contributed by atoms with van der Waals surface area (Å²) in [5.74, 6) is 0. The summed E-state index contributed by atoms with van der Waals surface area (Å²) < 4.78 is 0. The van der Waals surface area contributed by atoms with E-state index in [-0.39, 0.29) is 5.54 Å². The van der Waals surface area contributed by atoms with E-state index in [1.165, 1.54) is 50.5 Å². The highest BCUT2D eigenvalue weighted by Gasteiger charge is 2.47. The largest absolute Gasteiger partial charge is 0.325 e. The third-order valence-corrected chi connectivity index (χ3v) is 4.53. The van der Waals surface area contributed by atoms with Crippen molar-refractivity contribution in [2.75, 3.05) is 0 Å². The smallest absolute Gasteiger partial charge is 0.0164 e. The number of benzene rings is 1. The van der Waals surface area contributed by atoms with E-state index < -0.39 is 0 Å². The lowest BCUT2D eigenvalue weighted by Gasteiger charge is -2.32. The molecular formula is C15H21N. The normalized spacial score (nSPS) is 25.6. The molecule has 2 fully saturated rings. The van der Waals surface area contributed by atoms with Crippen LogP contribution >= 0.6 is 0 Å². The van der Waals surface area contributed by atoms with Crippen LogP contribution in [-0.4, -0.2) is 5.54 Å². The van der Waals surface area contributed by atoms with Crippen LogP contribution in [0.25, 0.3) is 0 Å². The molecule has 86 valence electrons. The Hall–Kier alpha value is -0.820. The van der Waals surface area contributed by atoms with Gasteiger partial charge in [0.25, 0.3) is 0 Å². The van der Waals surface area contributed by atoms with Crippen molar-refractivity contribution in [2.24, 2.45) is 5.73 Å². The van der Waals surface area contributed by atoms with Gasteiger partial charge >= 0.3 is 0 Å². The maximum absolute atomic E-state index is 6.35. The second-order valence-electron chi connectivity index (χ2n) is 5.89. The predicted octanol–water partition coefficient (Wildman–Crippen LogP) is 3.38. The van der Waals surface area contributed by atoms with E-state index in [4.69, 9.17) is 5.73 Å². The van der Waals surface area contributed by atoms with Crippen LogP contribution in [0.5, 0.6) is 0 Å². The monoisotopic (exact) mass is 215 g/mol. The van der Waals surface area contributed by atoms with Gasteiger partial charge in [0.2, 0.25) is 0 Å². The zero-order valence-electron chi connectivity index (χ0n) is 9.91. The minimum absolute atomic E-state index is 0.181. The van der Waals surface area contributed by atoms with E-state index >= 15 is 0 Å². The van der Waals surface area contributed by atoms with Crippen LogP contribution in [0.4, 0.5) is 0 Å². The Labute approximate surface area is 98.0 Å². The van der Waals surface area contributed by atoms with E-state index in [1.54, 1.807) is 0 Å². The highest BCUT2D eigenvalue weighted by molar-refractivity contribution is 5.28. The lowest BCUT2D eigenvalue weighted by Crippen LogP contribution is -2.34. The summed E-state index contributed by atoms with van der Waals surface area (Å²) in [6, 6.07) is 11.1.